The zero-order chi connectivity index (χ0) is 23.0. The number of hydrogen-bond donors (Lipinski definition) is 1. The van der Waals surface area contributed by atoms with Crippen molar-refractivity contribution in [3.8, 4) is 0 Å². The minimum Gasteiger partial charge on any atom is -0.345 e. The molecule has 0 atom stereocenters. The Labute approximate surface area is 201 Å². The van der Waals surface area contributed by atoms with Gasteiger partial charge in [-0.3, -0.25) is 4.79 Å². The Balaban J connectivity index is 1.21. The van der Waals surface area contributed by atoms with Crippen molar-refractivity contribution >= 4 is 59.6 Å². The number of benzene rings is 1. The van der Waals surface area contributed by atoms with Crippen LogP contribution in [0.4, 0.5) is 10.8 Å². The van der Waals surface area contributed by atoms with Gasteiger partial charge in [0.25, 0.3) is 10.0 Å². The first kappa shape index (κ1) is 22.7. The third-order valence-corrected chi connectivity index (χ3v) is 10.7. The summed E-state index contributed by atoms with van der Waals surface area (Å²) in [4.78, 5) is 22.3. The molecule has 3 aromatic rings. The lowest BCUT2D eigenvalue weighted by molar-refractivity contribution is -0.120. The highest BCUT2D eigenvalue weighted by Gasteiger charge is 2.32. The van der Waals surface area contributed by atoms with E-state index in [1.807, 2.05) is 18.2 Å². The van der Waals surface area contributed by atoms with Crippen molar-refractivity contribution in [1.82, 2.24) is 14.2 Å². The number of nitrogens with one attached hydrogen (secondary N) is 1. The van der Waals surface area contributed by atoms with Crippen LogP contribution >= 0.6 is 22.7 Å². The van der Waals surface area contributed by atoms with Crippen LogP contribution in [0.3, 0.4) is 0 Å². The van der Waals surface area contributed by atoms with E-state index >= 15 is 0 Å². The topological polar surface area (TPSA) is 85.8 Å². The van der Waals surface area contributed by atoms with Gasteiger partial charge in [0.2, 0.25) is 5.91 Å². The van der Waals surface area contributed by atoms with Gasteiger partial charge in [-0.1, -0.05) is 17.4 Å². The number of anilines is 2. The molecule has 8 nitrogen and oxygen atoms in total. The fourth-order valence-electron chi connectivity index (χ4n) is 4.26. The largest absolute Gasteiger partial charge is 0.345 e. The average Bonchev–Trinajstić information content (AvgIpc) is 3.50. The molecule has 0 saturated carbocycles. The maximum atomic E-state index is 12.9. The summed E-state index contributed by atoms with van der Waals surface area (Å²) < 4.78 is 28.3. The first-order valence-electron chi connectivity index (χ1n) is 11.1. The Morgan fingerprint density at radius 1 is 1.09 bits per heavy atom. The minimum atomic E-state index is -3.45. The van der Waals surface area contributed by atoms with Gasteiger partial charge in [0.1, 0.15) is 4.21 Å². The van der Waals surface area contributed by atoms with Crippen molar-refractivity contribution in [3.05, 3.63) is 35.7 Å². The van der Waals surface area contributed by atoms with Gasteiger partial charge in [0.05, 0.1) is 10.2 Å². The number of piperazine rings is 1. The quantitative estimate of drug-likeness (QED) is 0.573. The first-order valence-corrected chi connectivity index (χ1v) is 14.2. The van der Waals surface area contributed by atoms with Crippen molar-refractivity contribution < 1.29 is 13.2 Å². The Bertz CT molecular complexity index is 1230. The maximum Gasteiger partial charge on any atom is 0.252 e. The summed E-state index contributed by atoms with van der Waals surface area (Å²) in [7, 11) is -1.32. The summed E-state index contributed by atoms with van der Waals surface area (Å²) in [6.45, 7) is 4.73. The third kappa shape index (κ3) is 4.78. The molecule has 4 heterocycles. The predicted molar refractivity (Wildman–Crippen MR) is 134 cm³/mol. The predicted octanol–water partition coefficient (Wildman–Crippen LogP) is 3.15. The number of rotatable bonds is 5. The standard InChI is InChI=1S/C22H27N5O3S3/c1-25-10-12-26(13-11-25)22-24-18-5-4-17(15-19(18)32-22)23-21(28)16-6-8-27(9-7-16)33(29,30)20-3-2-14-31-20/h2-5,14-16H,6-13H2,1H3,(H,23,28). The zero-order valence-electron chi connectivity index (χ0n) is 18.4. The van der Waals surface area contributed by atoms with Crippen LogP contribution in [0.5, 0.6) is 0 Å². The molecule has 2 fully saturated rings. The van der Waals surface area contributed by atoms with Crippen LogP contribution in [0.1, 0.15) is 12.8 Å². The highest BCUT2D eigenvalue weighted by atomic mass is 32.2. The summed E-state index contributed by atoms with van der Waals surface area (Å²) in [6.07, 6.45) is 1.04. The molecule has 2 aliphatic heterocycles. The van der Waals surface area contributed by atoms with E-state index in [9.17, 15) is 13.2 Å². The highest BCUT2D eigenvalue weighted by Crippen LogP contribution is 2.32. The lowest BCUT2D eigenvalue weighted by Crippen LogP contribution is -2.44. The van der Waals surface area contributed by atoms with Gasteiger partial charge in [0, 0.05) is 50.9 Å². The van der Waals surface area contributed by atoms with Gasteiger partial charge in [-0.05, 0) is 49.5 Å². The van der Waals surface area contributed by atoms with E-state index < -0.39 is 10.0 Å². The highest BCUT2D eigenvalue weighted by molar-refractivity contribution is 7.91. The number of aromatic nitrogens is 1. The van der Waals surface area contributed by atoms with Gasteiger partial charge >= 0.3 is 0 Å². The summed E-state index contributed by atoms with van der Waals surface area (Å²) in [5, 5.41) is 5.83. The second-order valence-electron chi connectivity index (χ2n) is 8.57. The molecule has 0 bridgehead atoms. The second-order valence-corrected chi connectivity index (χ2v) is 12.7. The van der Waals surface area contributed by atoms with E-state index in [0.717, 1.165) is 47.2 Å². The number of thiophene rings is 1. The van der Waals surface area contributed by atoms with E-state index in [2.05, 4.69) is 22.2 Å². The van der Waals surface area contributed by atoms with E-state index in [1.165, 1.54) is 15.6 Å². The molecule has 2 saturated heterocycles. The summed E-state index contributed by atoms with van der Waals surface area (Å²) in [5.41, 5.74) is 1.70. The van der Waals surface area contributed by atoms with Crippen LogP contribution in [-0.4, -0.2) is 74.8 Å². The number of amides is 1. The fraction of sp³-hybridized carbons (Fsp3) is 0.455. The Hall–Kier alpha value is -2.05. The Morgan fingerprint density at radius 2 is 1.85 bits per heavy atom. The molecule has 0 aliphatic carbocycles. The molecule has 176 valence electrons. The number of fused-ring (bicyclic) bond motifs is 1. The number of likely N-dealkylation sites (N-methyl/N-ethyl adjacent to an activating group) is 1. The number of sulfonamides is 1. The lowest BCUT2D eigenvalue weighted by atomic mass is 9.97. The van der Waals surface area contributed by atoms with Crippen LogP contribution in [0.2, 0.25) is 0 Å². The molecule has 1 N–H and O–H groups in total. The van der Waals surface area contributed by atoms with Gasteiger partial charge in [-0.25, -0.2) is 13.4 Å². The van der Waals surface area contributed by atoms with E-state index in [1.54, 1.807) is 28.8 Å². The van der Waals surface area contributed by atoms with Gasteiger partial charge in [-0.15, -0.1) is 11.3 Å². The maximum absolute atomic E-state index is 12.9. The molecule has 1 aromatic carbocycles. The number of thiazole rings is 1. The van der Waals surface area contributed by atoms with Crippen LogP contribution in [-0.2, 0) is 14.8 Å². The molecule has 0 unspecified atom stereocenters. The Kier molecular flexibility index (Phi) is 6.41. The van der Waals surface area contributed by atoms with Crippen molar-refractivity contribution in [3.63, 3.8) is 0 Å². The molecule has 1 amide bonds. The molecule has 5 rings (SSSR count). The smallest absolute Gasteiger partial charge is 0.252 e. The molecule has 0 radical (unpaired) electrons. The van der Waals surface area contributed by atoms with Crippen molar-refractivity contribution in [2.75, 3.05) is 56.5 Å². The number of hydrogen-bond acceptors (Lipinski definition) is 8. The van der Waals surface area contributed by atoms with E-state index in [4.69, 9.17) is 4.98 Å². The van der Waals surface area contributed by atoms with Crippen molar-refractivity contribution in [2.24, 2.45) is 5.92 Å². The van der Waals surface area contributed by atoms with Gasteiger partial charge in [-0.2, -0.15) is 4.31 Å². The van der Waals surface area contributed by atoms with Crippen LogP contribution in [0, 0.1) is 5.92 Å². The van der Waals surface area contributed by atoms with Gasteiger partial charge in [0.15, 0.2) is 5.13 Å². The number of nitrogens with zero attached hydrogens (tertiary/aromatic N) is 4. The average molecular weight is 506 g/mol. The molecule has 2 aliphatic rings. The molecular formula is C22H27N5O3S3. The summed E-state index contributed by atoms with van der Waals surface area (Å²) in [6, 6.07) is 9.21. The number of piperidine rings is 1. The van der Waals surface area contributed by atoms with Crippen molar-refractivity contribution in [2.45, 2.75) is 17.1 Å². The SMILES string of the molecule is CN1CCN(c2nc3ccc(NC(=O)C4CCN(S(=O)(=O)c5cccs5)CC4)cc3s2)CC1. The monoisotopic (exact) mass is 505 g/mol. The molecule has 11 heteroatoms. The summed E-state index contributed by atoms with van der Waals surface area (Å²) in [5.74, 6) is -0.246. The second kappa shape index (κ2) is 9.30. The third-order valence-electron chi connectivity index (χ3n) is 6.33. The lowest BCUT2D eigenvalue weighted by Gasteiger charge is -2.32. The number of carbonyl (C=O) groups is 1. The van der Waals surface area contributed by atoms with Crippen LogP contribution in [0.15, 0.2) is 39.9 Å². The van der Waals surface area contributed by atoms with E-state index in [-0.39, 0.29) is 11.8 Å². The van der Waals surface area contributed by atoms with Crippen LogP contribution < -0.4 is 10.2 Å². The van der Waals surface area contributed by atoms with Gasteiger partial charge < -0.3 is 15.1 Å². The molecule has 0 spiro atoms. The zero-order valence-corrected chi connectivity index (χ0v) is 20.9. The van der Waals surface area contributed by atoms with E-state index in [0.29, 0.717) is 30.1 Å². The van der Waals surface area contributed by atoms with Crippen molar-refractivity contribution in [1.29, 1.82) is 0 Å². The normalized spacial score (nSPS) is 19.2. The minimum absolute atomic E-state index is 0.0497. The van der Waals surface area contributed by atoms with Crippen LogP contribution in [0.25, 0.3) is 10.2 Å². The fourth-order valence-corrected chi connectivity index (χ4v) is 7.93. The number of carbonyl (C=O) groups excluding carboxylic acids is 1. The Morgan fingerprint density at radius 3 is 2.55 bits per heavy atom. The summed E-state index contributed by atoms with van der Waals surface area (Å²) >= 11 is 2.88. The molecule has 2 aromatic heterocycles. The molecular weight excluding hydrogens is 478 g/mol. The molecule has 33 heavy (non-hydrogen) atoms. The first-order chi connectivity index (χ1) is 15.9.